The van der Waals surface area contributed by atoms with Gasteiger partial charge in [-0.3, -0.25) is 5.10 Å². The van der Waals surface area contributed by atoms with Gasteiger partial charge < -0.3 is 15.2 Å². The fourth-order valence-corrected chi connectivity index (χ4v) is 2.75. The average molecular weight is 365 g/mol. The molecule has 0 aliphatic heterocycles. The molecule has 9 nitrogen and oxygen atoms in total. The van der Waals surface area contributed by atoms with Gasteiger partial charge in [0.15, 0.2) is 0 Å². The van der Waals surface area contributed by atoms with Crippen molar-refractivity contribution in [3.05, 3.63) is 53.6 Å². The number of nitrogens with zero attached hydrogens (tertiary/aromatic N) is 3. The highest BCUT2D eigenvalue weighted by molar-refractivity contribution is 5.93. The lowest BCUT2D eigenvalue weighted by molar-refractivity contribution is 0.0526. The molecule has 2 heterocycles. The number of nitrogens with one attached hydrogen (secondary N) is 2. The second kappa shape index (κ2) is 6.45. The fraction of sp³-hybridized carbons (Fsp3) is 0.111. The van der Waals surface area contributed by atoms with Gasteiger partial charge >= 0.3 is 11.9 Å². The molecule has 0 saturated carbocycles. The molecule has 2 aromatic heterocycles. The summed E-state index contributed by atoms with van der Waals surface area (Å²) >= 11 is 0. The second-order valence-corrected chi connectivity index (χ2v) is 5.75. The Morgan fingerprint density at radius 3 is 2.81 bits per heavy atom. The number of esters is 1. The third-order valence-electron chi connectivity index (χ3n) is 3.95. The van der Waals surface area contributed by atoms with E-state index in [1.54, 1.807) is 41.8 Å². The Hall–Kier alpha value is -3.88. The molecule has 0 amide bonds. The maximum absolute atomic E-state index is 11.8. The Balaban J connectivity index is 1.64. The lowest BCUT2D eigenvalue weighted by Crippen LogP contribution is -2.05. The molecule has 0 saturated heterocycles. The number of carbonyl (C=O) groups excluding carboxylic acids is 1. The molecule has 4 aromatic rings. The van der Waals surface area contributed by atoms with Crippen molar-refractivity contribution < 1.29 is 19.4 Å². The van der Waals surface area contributed by atoms with Crippen LogP contribution in [-0.4, -0.2) is 43.2 Å². The first-order valence-corrected chi connectivity index (χ1v) is 8.21. The van der Waals surface area contributed by atoms with Crippen molar-refractivity contribution in [3.8, 4) is 0 Å². The summed E-state index contributed by atoms with van der Waals surface area (Å²) in [7, 11) is 0. The van der Waals surface area contributed by atoms with Crippen molar-refractivity contribution in [2.45, 2.75) is 6.92 Å². The molecule has 9 heteroatoms. The highest BCUT2D eigenvalue weighted by atomic mass is 16.5. The SMILES string of the molecule is CCOC(=O)c1cccc(Nc2nc3nc4cc(C(=O)O)ccc4n3[nH]2)c1. The molecule has 0 spiro atoms. The topological polar surface area (TPSA) is 122 Å². The monoisotopic (exact) mass is 365 g/mol. The van der Waals surface area contributed by atoms with E-state index in [2.05, 4.69) is 20.4 Å². The maximum Gasteiger partial charge on any atom is 0.338 e. The number of carboxylic acid groups (broad SMARTS) is 1. The lowest BCUT2D eigenvalue weighted by Gasteiger charge is -2.05. The van der Waals surface area contributed by atoms with E-state index in [9.17, 15) is 9.59 Å². The molecule has 0 unspecified atom stereocenters. The Kier molecular flexibility index (Phi) is 3.96. The summed E-state index contributed by atoms with van der Waals surface area (Å²) in [4.78, 5) is 31.6. The minimum absolute atomic E-state index is 0.164. The van der Waals surface area contributed by atoms with Gasteiger partial charge in [0, 0.05) is 5.69 Å². The summed E-state index contributed by atoms with van der Waals surface area (Å²) in [5, 5.41) is 15.2. The van der Waals surface area contributed by atoms with Crippen LogP contribution in [0, 0.1) is 0 Å². The molecule has 3 N–H and O–H groups in total. The van der Waals surface area contributed by atoms with Crippen LogP contribution in [0.2, 0.25) is 0 Å². The normalized spacial score (nSPS) is 11.0. The predicted molar refractivity (Wildman–Crippen MR) is 97.5 cm³/mol. The minimum atomic E-state index is -1.01. The number of fused-ring (bicyclic) bond motifs is 3. The Bertz CT molecular complexity index is 1180. The van der Waals surface area contributed by atoms with Gasteiger partial charge in [-0.25, -0.2) is 19.1 Å². The minimum Gasteiger partial charge on any atom is -0.478 e. The quantitative estimate of drug-likeness (QED) is 0.465. The molecule has 2 aromatic carbocycles. The fourth-order valence-electron chi connectivity index (χ4n) is 2.75. The molecule has 0 fully saturated rings. The highest BCUT2D eigenvalue weighted by Gasteiger charge is 2.13. The van der Waals surface area contributed by atoms with Crippen LogP contribution >= 0.6 is 0 Å². The highest BCUT2D eigenvalue weighted by Crippen LogP contribution is 2.20. The summed E-state index contributed by atoms with van der Waals surface area (Å²) in [6, 6.07) is 11.6. The molecule has 0 radical (unpaired) electrons. The summed E-state index contributed by atoms with van der Waals surface area (Å²) in [5.74, 6) is -0.569. The van der Waals surface area contributed by atoms with E-state index >= 15 is 0 Å². The average Bonchev–Trinajstić information content (AvgIpc) is 3.18. The number of rotatable bonds is 5. The van der Waals surface area contributed by atoms with E-state index in [1.807, 2.05) is 0 Å². The van der Waals surface area contributed by atoms with Gasteiger partial charge in [-0.2, -0.15) is 4.98 Å². The van der Waals surface area contributed by atoms with Crippen LogP contribution in [0.4, 0.5) is 11.6 Å². The molecule has 0 bridgehead atoms. The van der Waals surface area contributed by atoms with Gasteiger partial charge in [0.25, 0.3) is 5.78 Å². The Morgan fingerprint density at radius 1 is 1.19 bits per heavy atom. The van der Waals surface area contributed by atoms with Crippen LogP contribution in [-0.2, 0) is 4.74 Å². The van der Waals surface area contributed by atoms with E-state index in [0.717, 1.165) is 0 Å². The lowest BCUT2D eigenvalue weighted by atomic mass is 10.2. The summed E-state index contributed by atoms with van der Waals surface area (Å²) in [6.07, 6.45) is 0. The number of aromatic nitrogens is 4. The number of carbonyl (C=O) groups is 2. The predicted octanol–water partition coefficient (Wildman–Crippen LogP) is 2.83. The van der Waals surface area contributed by atoms with Crippen LogP contribution in [0.15, 0.2) is 42.5 Å². The number of benzene rings is 2. The first-order valence-electron chi connectivity index (χ1n) is 8.21. The molecule has 136 valence electrons. The van der Waals surface area contributed by atoms with Crippen molar-refractivity contribution in [2.75, 3.05) is 11.9 Å². The van der Waals surface area contributed by atoms with Crippen molar-refractivity contribution in [3.63, 3.8) is 0 Å². The van der Waals surface area contributed by atoms with Crippen LogP contribution < -0.4 is 5.32 Å². The van der Waals surface area contributed by atoms with Crippen molar-refractivity contribution in [1.29, 1.82) is 0 Å². The largest absolute Gasteiger partial charge is 0.478 e. The van der Waals surface area contributed by atoms with Gasteiger partial charge in [-0.15, -0.1) is 0 Å². The summed E-state index contributed by atoms with van der Waals surface area (Å²) in [6.45, 7) is 2.06. The number of hydrogen-bond donors (Lipinski definition) is 3. The smallest absolute Gasteiger partial charge is 0.338 e. The van der Waals surface area contributed by atoms with Crippen LogP contribution in [0.25, 0.3) is 16.8 Å². The number of aromatic carboxylic acids is 1. The third-order valence-corrected chi connectivity index (χ3v) is 3.95. The van der Waals surface area contributed by atoms with Gasteiger partial charge in [0.2, 0.25) is 5.95 Å². The van der Waals surface area contributed by atoms with E-state index in [4.69, 9.17) is 9.84 Å². The zero-order valence-corrected chi connectivity index (χ0v) is 14.3. The van der Waals surface area contributed by atoms with E-state index in [1.165, 1.54) is 12.1 Å². The number of H-pyrrole nitrogens is 1. The van der Waals surface area contributed by atoms with Crippen molar-refractivity contribution >= 4 is 40.4 Å². The van der Waals surface area contributed by atoms with Gasteiger partial charge in [0.05, 0.1) is 28.8 Å². The molecule has 27 heavy (non-hydrogen) atoms. The van der Waals surface area contributed by atoms with Crippen molar-refractivity contribution in [2.24, 2.45) is 0 Å². The first kappa shape index (κ1) is 16.6. The molecule has 0 aliphatic rings. The Morgan fingerprint density at radius 2 is 2.04 bits per heavy atom. The maximum atomic E-state index is 11.8. The van der Waals surface area contributed by atoms with Gasteiger partial charge in [-0.05, 0) is 43.3 Å². The molecule has 0 atom stereocenters. The van der Waals surface area contributed by atoms with Gasteiger partial charge in [-0.1, -0.05) is 6.07 Å². The van der Waals surface area contributed by atoms with Gasteiger partial charge in [0.1, 0.15) is 0 Å². The third kappa shape index (κ3) is 3.06. The standard InChI is InChI=1S/C18H15N5O4/c1-2-27-16(26)11-4-3-5-12(8-11)19-17-21-18-20-13-9-10(15(24)25)6-7-14(13)23(18)22-17/h3-9H,2H2,1H3,(H,24,25)(H2,19,20,21,22). The first-order chi connectivity index (χ1) is 13.0. The zero-order chi connectivity index (χ0) is 19.0. The molecule has 4 rings (SSSR count). The number of carboxylic acids is 1. The van der Waals surface area contributed by atoms with Crippen LogP contribution in [0.1, 0.15) is 27.6 Å². The number of hydrogen-bond acceptors (Lipinski definition) is 6. The molecular weight excluding hydrogens is 350 g/mol. The second-order valence-electron chi connectivity index (χ2n) is 5.75. The van der Waals surface area contributed by atoms with Crippen LogP contribution in [0.5, 0.6) is 0 Å². The van der Waals surface area contributed by atoms with E-state index in [0.29, 0.717) is 40.6 Å². The van der Waals surface area contributed by atoms with Crippen molar-refractivity contribution in [1.82, 2.24) is 19.6 Å². The number of imidazole rings is 1. The van der Waals surface area contributed by atoms with E-state index in [-0.39, 0.29) is 5.56 Å². The van der Waals surface area contributed by atoms with E-state index < -0.39 is 11.9 Å². The number of anilines is 2. The van der Waals surface area contributed by atoms with Crippen LogP contribution in [0.3, 0.4) is 0 Å². The molecule has 0 aliphatic carbocycles. The zero-order valence-electron chi connectivity index (χ0n) is 14.3. The number of ether oxygens (including phenoxy) is 1. The summed E-state index contributed by atoms with van der Waals surface area (Å²) < 4.78 is 6.65. The summed E-state index contributed by atoms with van der Waals surface area (Å²) in [5.41, 5.74) is 2.50. The molecular formula is C18H15N5O4. The Labute approximate surface area is 152 Å². The number of aromatic amines is 1.